The Morgan fingerprint density at radius 3 is 2.46 bits per heavy atom. The summed E-state index contributed by atoms with van der Waals surface area (Å²) >= 11 is 0. The molecule has 0 radical (unpaired) electrons. The Morgan fingerprint density at radius 1 is 1.38 bits per heavy atom. The SMILES string of the molecule is CC[C@](C)(CN1CCOCC1)NC. The van der Waals surface area contributed by atoms with Gasteiger partial charge in [0.15, 0.2) is 0 Å². The summed E-state index contributed by atoms with van der Waals surface area (Å²) in [7, 11) is 2.05. The third-order valence-corrected chi connectivity index (χ3v) is 3.06. The van der Waals surface area contributed by atoms with Crippen LogP contribution in [0.1, 0.15) is 20.3 Å². The molecule has 13 heavy (non-hydrogen) atoms. The van der Waals surface area contributed by atoms with Crippen molar-refractivity contribution in [3.8, 4) is 0 Å². The number of hydrogen-bond donors (Lipinski definition) is 1. The molecule has 3 nitrogen and oxygen atoms in total. The minimum atomic E-state index is 0.261. The number of nitrogens with zero attached hydrogens (tertiary/aromatic N) is 1. The molecule has 1 aliphatic rings. The first-order valence-corrected chi connectivity index (χ1v) is 5.19. The zero-order valence-electron chi connectivity index (χ0n) is 9.10. The van der Waals surface area contributed by atoms with E-state index >= 15 is 0 Å². The third kappa shape index (κ3) is 3.25. The second-order valence-electron chi connectivity index (χ2n) is 4.05. The van der Waals surface area contributed by atoms with Crippen LogP contribution in [-0.4, -0.2) is 50.3 Å². The van der Waals surface area contributed by atoms with Gasteiger partial charge in [-0.2, -0.15) is 0 Å². The highest BCUT2D eigenvalue weighted by Crippen LogP contribution is 2.11. The van der Waals surface area contributed by atoms with Crippen LogP contribution in [0.4, 0.5) is 0 Å². The van der Waals surface area contributed by atoms with Gasteiger partial charge in [0, 0.05) is 25.2 Å². The lowest BCUT2D eigenvalue weighted by molar-refractivity contribution is 0.0256. The molecule has 0 amide bonds. The summed E-state index contributed by atoms with van der Waals surface area (Å²) in [6.45, 7) is 9.59. The van der Waals surface area contributed by atoms with Crippen molar-refractivity contribution in [2.75, 3.05) is 39.9 Å². The standard InChI is InChI=1S/C10H22N2O/c1-4-10(2,11-3)9-12-5-7-13-8-6-12/h11H,4-9H2,1-3H3/t10-/m1/s1. The topological polar surface area (TPSA) is 24.5 Å². The summed E-state index contributed by atoms with van der Waals surface area (Å²) in [5.41, 5.74) is 0.261. The number of nitrogens with one attached hydrogen (secondary N) is 1. The average molecular weight is 186 g/mol. The lowest BCUT2D eigenvalue weighted by atomic mass is 9.98. The van der Waals surface area contributed by atoms with Gasteiger partial charge in [-0.3, -0.25) is 4.90 Å². The molecule has 0 aromatic rings. The lowest BCUT2D eigenvalue weighted by Crippen LogP contribution is -2.52. The first kappa shape index (κ1) is 11.0. The van der Waals surface area contributed by atoms with E-state index in [1.54, 1.807) is 0 Å². The van der Waals surface area contributed by atoms with E-state index in [0.29, 0.717) is 0 Å². The van der Waals surface area contributed by atoms with Gasteiger partial charge in [-0.1, -0.05) is 6.92 Å². The molecule has 0 aromatic carbocycles. The molecular formula is C10H22N2O. The van der Waals surface area contributed by atoms with Crippen molar-refractivity contribution in [3.05, 3.63) is 0 Å². The van der Waals surface area contributed by atoms with E-state index < -0.39 is 0 Å². The molecule has 1 rings (SSSR count). The maximum Gasteiger partial charge on any atom is 0.0594 e. The van der Waals surface area contributed by atoms with E-state index in [1.165, 1.54) is 6.42 Å². The Hall–Kier alpha value is -0.120. The Kier molecular flexibility index (Phi) is 4.16. The Balaban J connectivity index is 2.35. The summed E-state index contributed by atoms with van der Waals surface area (Å²) < 4.78 is 5.32. The molecule has 78 valence electrons. The minimum absolute atomic E-state index is 0.261. The second-order valence-corrected chi connectivity index (χ2v) is 4.05. The molecule has 0 unspecified atom stereocenters. The number of ether oxygens (including phenoxy) is 1. The van der Waals surface area contributed by atoms with Gasteiger partial charge in [0.1, 0.15) is 0 Å². The van der Waals surface area contributed by atoms with Crippen molar-refractivity contribution >= 4 is 0 Å². The minimum Gasteiger partial charge on any atom is -0.379 e. The van der Waals surface area contributed by atoms with Gasteiger partial charge in [-0.05, 0) is 20.4 Å². The second kappa shape index (κ2) is 4.94. The number of morpholine rings is 1. The largest absolute Gasteiger partial charge is 0.379 e. The molecule has 0 spiro atoms. The van der Waals surface area contributed by atoms with E-state index in [9.17, 15) is 0 Å². The van der Waals surface area contributed by atoms with Crippen LogP contribution in [0.2, 0.25) is 0 Å². The fraction of sp³-hybridized carbons (Fsp3) is 1.00. The summed E-state index contributed by atoms with van der Waals surface area (Å²) in [5, 5.41) is 3.39. The van der Waals surface area contributed by atoms with Crippen LogP contribution in [-0.2, 0) is 4.74 Å². The molecule has 0 bridgehead atoms. The number of likely N-dealkylation sites (N-methyl/N-ethyl adjacent to an activating group) is 1. The summed E-state index contributed by atoms with van der Waals surface area (Å²) in [5.74, 6) is 0. The molecule has 1 N–H and O–H groups in total. The molecule has 1 saturated heterocycles. The first-order chi connectivity index (χ1) is 6.20. The molecule has 1 atom stereocenters. The van der Waals surface area contributed by atoms with Crippen LogP contribution in [0.3, 0.4) is 0 Å². The molecule has 1 fully saturated rings. The van der Waals surface area contributed by atoms with Crippen molar-refractivity contribution in [1.82, 2.24) is 10.2 Å². The van der Waals surface area contributed by atoms with Gasteiger partial charge >= 0.3 is 0 Å². The van der Waals surface area contributed by atoms with Crippen LogP contribution >= 0.6 is 0 Å². The Bertz CT molecular complexity index is 140. The highest BCUT2D eigenvalue weighted by atomic mass is 16.5. The Labute approximate surface area is 81.4 Å². The normalized spacial score (nSPS) is 24.2. The number of hydrogen-bond acceptors (Lipinski definition) is 3. The van der Waals surface area contributed by atoms with Gasteiger partial charge < -0.3 is 10.1 Å². The molecule has 1 aliphatic heterocycles. The molecule has 0 aliphatic carbocycles. The molecule has 0 aromatic heterocycles. The molecular weight excluding hydrogens is 164 g/mol. The van der Waals surface area contributed by atoms with Crippen LogP contribution in [0.15, 0.2) is 0 Å². The van der Waals surface area contributed by atoms with E-state index in [4.69, 9.17) is 4.74 Å². The summed E-state index contributed by atoms with van der Waals surface area (Å²) in [6, 6.07) is 0. The van der Waals surface area contributed by atoms with Crippen molar-refractivity contribution in [3.63, 3.8) is 0 Å². The maximum atomic E-state index is 5.32. The molecule has 3 heteroatoms. The zero-order valence-corrected chi connectivity index (χ0v) is 9.10. The van der Waals surface area contributed by atoms with E-state index in [1.807, 2.05) is 7.05 Å². The van der Waals surface area contributed by atoms with Crippen molar-refractivity contribution in [2.24, 2.45) is 0 Å². The van der Waals surface area contributed by atoms with Crippen molar-refractivity contribution in [1.29, 1.82) is 0 Å². The fourth-order valence-corrected chi connectivity index (χ4v) is 1.62. The van der Waals surface area contributed by atoms with Crippen LogP contribution in [0, 0.1) is 0 Å². The first-order valence-electron chi connectivity index (χ1n) is 5.19. The van der Waals surface area contributed by atoms with Crippen LogP contribution in [0.25, 0.3) is 0 Å². The zero-order chi connectivity index (χ0) is 9.73. The van der Waals surface area contributed by atoms with E-state index in [2.05, 4.69) is 24.1 Å². The maximum absolute atomic E-state index is 5.32. The van der Waals surface area contributed by atoms with E-state index in [0.717, 1.165) is 32.8 Å². The summed E-state index contributed by atoms with van der Waals surface area (Å²) in [4.78, 5) is 2.48. The summed E-state index contributed by atoms with van der Waals surface area (Å²) in [6.07, 6.45) is 1.17. The molecule has 1 heterocycles. The van der Waals surface area contributed by atoms with Gasteiger partial charge in [0.2, 0.25) is 0 Å². The predicted molar refractivity (Wildman–Crippen MR) is 55.0 cm³/mol. The van der Waals surface area contributed by atoms with Crippen LogP contribution < -0.4 is 5.32 Å². The van der Waals surface area contributed by atoms with Gasteiger partial charge in [0.25, 0.3) is 0 Å². The highest BCUT2D eigenvalue weighted by Gasteiger charge is 2.23. The van der Waals surface area contributed by atoms with Gasteiger partial charge in [-0.25, -0.2) is 0 Å². The third-order valence-electron chi connectivity index (χ3n) is 3.06. The van der Waals surface area contributed by atoms with Crippen molar-refractivity contribution in [2.45, 2.75) is 25.8 Å². The molecule has 0 saturated carbocycles. The number of rotatable bonds is 4. The van der Waals surface area contributed by atoms with Gasteiger partial charge in [-0.15, -0.1) is 0 Å². The monoisotopic (exact) mass is 186 g/mol. The van der Waals surface area contributed by atoms with E-state index in [-0.39, 0.29) is 5.54 Å². The predicted octanol–water partition coefficient (Wildman–Crippen LogP) is 0.707. The quantitative estimate of drug-likeness (QED) is 0.699. The average Bonchev–Trinajstić information content (AvgIpc) is 2.19. The van der Waals surface area contributed by atoms with Crippen molar-refractivity contribution < 1.29 is 4.74 Å². The van der Waals surface area contributed by atoms with Gasteiger partial charge in [0.05, 0.1) is 13.2 Å². The Morgan fingerprint density at radius 2 is 2.00 bits per heavy atom. The van der Waals surface area contributed by atoms with Crippen LogP contribution in [0.5, 0.6) is 0 Å². The fourth-order valence-electron chi connectivity index (χ4n) is 1.62. The smallest absolute Gasteiger partial charge is 0.0594 e. The highest BCUT2D eigenvalue weighted by molar-refractivity contribution is 4.84. The lowest BCUT2D eigenvalue weighted by Gasteiger charge is -2.36.